The van der Waals surface area contributed by atoms with Crippen molar-refractivity contribution < 1.29 is 18.9 Å². The molecule has 0 radical (unpaired) electrons. The van der Waals surface area contributed by atoms with Gasteiger partial charge in [0.25, 0.3) is 0 Å². The van der Waals surface area contributed by atoms with Crippen LogP contribution in [-0.2, 0) is 11.3 Å². The Morgan fingerprint density at radius 3 is 2.26 bits per heavy atom. The maximum absolute atomic E-state index is 5.88. The van der Waals surface area contributed by atoms with Gasteiger partial charge in [0.15, 0.2) is 0 Å². The van der Waals surface area contributed by atoms with Crippen LogP contribution >= 0.6 is 0 Å². The normalized spacial score (nSPS) is 15.4. The molecule has 0 saturated carbocycles. The molecule has 3 aromatic carbocycles. The summed E-state index contributed by atoms with van der Waals surface area (Å²) in [6, 6.07) is 25.9. The van der Waals surface area contributed by atoms with Gasteiger partial charge in [0.1, 0.15) is 37.1 Å². The Balaban J connectivity index is 1.18. The maximum atomic E-state index is 5.88. The SMILES string of the molecule is c1ccc(OCCOc2ccc(CNc3cccc(OC[C@@H]4CCCO4)c3)cc2)cc1. The molecule has 1 N–H and O–H groups in total. The van der Waals surface area contributed by atoms with Crippen LogP contribution < -0.4 is 19.5 Å². The highest BCUT2D eigenvalue weighted by Crippen LogP contribution is 2.21. The second-order valence-corrected chi connectivity index (χ2v) is 7.48. The molecule has 1 aliphatic heterocycles. The first-order valence-electron chi connectivity index (χ1n) is 10.8. The second kappa shape index (κ2) is 11.3. The Hall–Kier alpha value is -3.18. The number of benzene rings is 3. The van der Waals surface area contributed by atoms with E-state index in [1.807, 2.05) is 66.7 Å². The number of hydrogen-bond donors (Lipinski definition) is 1. The van der Waals surface area contributed by atoms with Crippen molar-refractivity contribution in [3.63, 3.8) is 0 Å². The fourth-order valence-corrected chi connectivity index (χ4v) is 3.40. The van der Waals surface area contributed by atoms with Crippen LogP contribution in [0.1, 0.15) is 18.4 Å². The summed E-state index contributed by atoms with van der Waals surface area (Å²) in [6.45, 7) is 3.21. The van der Waals surface area contributed by atoms with Crippen LogP contribution in [0.2, 0.25) is 0 Å². The van der Waals surface area contributed by atoms with Gasteiger partial charge < -0.3 is 24.3 Å². The molecular weight excluding hydrogens is 390 g/mol. The molecule has 1 aliphatic rings. The van der Waals surface area contributed by atoms with Gasteiger partial charge in [0.2, 0.25) is 0 Å². The summed E-state index contributed by atoms with van der Waals surface area (Å²) in [5.74, 6) is 2.56. The molecular formula is C26H29NO4. The van der Waals surface area contributed by atoms with Crippen LogP contribution in [0, 0.1) is 0 Å². The Morgan fingerprint density at radius 1 is 0.774 bits per heavy atom. The van der Waals surface area contributed by atoms with Gasteiger partial charge in [-0.1, -0.05) is 36.4 Å². The first-order valence-corrected chi connectivity index (χ1v) is 10.8. The lowest BCUT2D eigenvalue weighted by atomic mass is 10.2. The zero-order valence-corrected chi connectivity index (χ0v) is 17.7. The topological polar surface area (TPSA) is 49.0 Å². The molecule has 0 aliphatic carbocycles. The van der Waals surface area contributed by atoms with Crippen LogP contribution in [0.4, 0.5) is 5.69 Å². The molecule has 1 atom stereocenters. The predicted molar refractivity (Wildman–Crippen MR) is 122 cm³/mol. The van der Waals surface area contributed by atoms with E-state index in [2.05, 4.69) is 17.4 Å². The Morgan fingerprint density at radius 2 is 1.52 bits per heavy atom. The Kier molecular flexibility index (Phi) is 7.66. The average Bonchev–Trinajstić information content (AvgIpc) is 3.35. The van der Waals surface area contributed by atoms with E-state index in [9.17, 15) is 0 Å². The van der Waals surface area contributed by atoms with Crippen molar-refractivity contribution >= 4 is 5.69 Å². The molecule has 5 heteroatoms. The molecule has 4 rings (SSSR count). The third kappa shape index (κ3) is 6.93. The standard InChI is InChI=1S/C26H29NO4/c1-2-7-23(8-3-1)29-16-17-30-24-13-11-21(12-14-24)19-27-22-6-4-9-25(18-22)31-20-26-10-5-15-28-26/h1-4,6-9,11-14,18,26-27H,5,10,15-17,19-20H2/t26-/m0/s1. The number of hydrogen-bond acceptors (Lipinski definition) is 5. The summed E-state index contributed by atoms with van der Waals surface area (Å²) < 4.78 is 22.9. The summed E-state index contributed by atoms with van der Waals surface area (Å²) in [6.07, 6.45) is 2.43. The molecule has 0 aromatic heterocycles. The smallest absolute Gasteiger partial charge is 0.122 e. The monoisotopic (exact) mass is 419 g/mol. The highest BCUT2D eigenvalue weighted by atomic mass is 16.5. The van der Waals surface area contributed by atoms with Crippen molar-refractivity contribution in [2.75, 3.05) is 31.7 Å². The number of nitrogens with one attached hydrogen (secondary N) is 1. The molecule has 0 amide bonds. The van der Waals surface area contributed by atoms with Gasteiger partial charge in [-0.2, -0.15) is 0 Å². The zero-order valence-electron chi connectivity index (χ0n) is 17.7. The van der Waals surface area contributed by atoms with Crippen molar-refractivity contribution in [1.82, 2.24) is 0 Å². The summed E-state index contributed by atoms with van der Waals surface area (Å²) in [7, 11) is 0. The lowest BCUT2D eigenvalue weighted by Crippen LogP contribution is -2.16. The van der Waals surface area contributed by atoms with Crippen LogP contribution in [-0.4, -0.2) is 32.5 Å². The average molecular weight is 420 g/mol. The molecule has 0 bridgehead atoms. The zero-order chi connectivity index (χ0) is 21.1. The molecule has 162 valence electrons. The van der Waals surface area contributed by atoms with Crippen LogP contribution in [0.3, 0.4) is 0 Å². The summed E-state index contributed by atoms with van der Waals surface area (Å²) >= 11 is 0. The van der Waals surface area contributed by atoms with Gasteiger partial charge in [0, 0.05) is 24.9 Å². The largest absolute Gasteiger partial charge is 0.491 e. The first-order chi connectivity index (χ1) is 15.3. The molecule has 3 aromatic rings. The third-order valence-corrected chi connectivity index (χ3v) is 5.08. The fourth-order valence-electron chi connectivity index (χ4n) is 3.40. The molecule has 0 spiro atoms. The summed E-state index contributed by atoms with van der Waals surface area (Å²) in [4.78, 5) is 0. The van der Waals surface area contributed by atoms with E-state index < -0.39 is 0 Å². The van der Waals surface area contributed by atoms with Crippen molar-refractivity contribution in [2.45, 2.75) is 25.5 Å². The molecule has 1 saturated heterocycles. The fraction of sp³-hybridized carbons (Fsp3) is 0.308. The van der Waals surface area contributed by atoms with Crippen molar-refractivity contribution in [3.8, 4) is 17.2 Å². The lowest BCUT2D eigenvalue weighted by Gasteiger charge is -2.13. The maximum Gasteiger partial charge on any atom is 0.122 e. The molecule has 0 unspecified atom stereocenters. The molecule has 1 heterocycles. The van der Waals surface area contributed by atoms with Crippen molar-refractivity contribution in [2.24, 2.45) is 0 Å². The van der Waals surface area contributed by atoms with Gasteiger partial charge in [-0.3, -0.25) is 0 Å². The quantitative estimate of drug-likeness (QED) is 0.427. The van der Waals surface area contributed by atoms with Gasteiger partial charge in [-0.15, -0.1) is 0 Å². The lowest BCUT2D eigenvalue weighted by molar-refractivity contribution is 0.0680. The highest BCUT2D eigenvalue weighted by molar-refractivity contribution is 5.48. The van der Waals surface area contributed by atoms with E-state index in [1.54, 1.807) is 0 Å². The highest BCUT2D eigenvalue weighted by Gasteiger charge is 2.15. The van der Waals surface area contributed by atoms with Gasteiger partial charge in [-0.25, -0.2) is 0 Å². The molecule has 1 fully saturated rings. The van der Waals surface area contributed by atoms with E-state index in [-0.39, 0.29) is 6.10 Å². The minimum Gasteiger partial charge on any atom is -0.491 e. The Labute approximate surface area is 183 Å². The van der Waals surface area contributed by atoms with E-state index in [0.717, 1.165) is 48.9 Å². The number of anilines is 1. The third-order valence-electron chi connectivity index (χ3n) is 5.08. The minimum absolute atomic E-state index is 0.224. The van der Waals surface area contributed by atoms with Gasteiger partial charge >= 0.3 is 0 Å². The summed E-state index contributed by atoms with van der Waals surface area (Å²) in [5.41, 5.74) is 2.21. The van der Waals surface area contributed by atoms with Crippen LogP contribution in [0.5, 0.6) is 17.2 Å². The molecule has 5 nitrogen and oxygen atoms in total. The summed E-state index contributed by atoms with van der Waals surface area (Å²) in [5, 5.41) is 3.45. The van der Waals surface area contributed by atoms with Crippen molar-refractivity contribution in [1.29, 1.82) is 0 Å². The minimum atomic E-state index is 0.224. The Bertz CT molecular complexity index is 908. The van der Waals surface area contributed by atoms with E-state index >= 15 is 0 Å². The van der Waals surface area contributed by atoms with E-state index in [1.165, 1.54) is 5.56 Å². The number of rotatable bonds is 11. The van der Waals surface area contributed by atoms with Gasteiger partial charge in [0.05, 0.1) is 6.10 Å². The van der Waals surface area contributed by atoms with Gasteiger partial charge in [-0.05, 0) is 54.8 Å². The second-order valence-electron chi connectivity index (χ2n) is 7.48. The number of ether oxygens (including phenoxy) is 4. The van der Waals surface area contributed by atoms with E-state index in [4.69, 9.17) is 18.9 Å². The van der Waals surface area contributed by atoms with Crippen molar-refractivity contribution in [3.05, 3.63) is 84.4 Å². The van der Waals surface area contributed by atoms with Crippen LogP contribution in [0.15, 0.2) is 78.9 Å². The first kappa shape index (κ1) is 21.1. The van der Waals surface area contributed by atoms with E-state index in [0.29, 0.717) is 19.8 Å². The predicted octanol–water partition coefficient (Wildman–Crippen LogP) is 5.31. The van der Waals surface area contributed by atoms with Crippen LogP contribution in [0.25, 0.3) is 0 Å². The number of para-hydroxylation sites is 1. The molecule has 31 heavy (non-hydrogen) atoms.